The van der Waals surface area contributed by atoms with Gasteiger partial charge in [-0.15, -0.1) is 0 Å². The first-order chi connectivity index (χ1) is 11.0. The van der Waals surface area contributed by atoms with Crippen LogP contribution in [-0.4, -0.2) is 63.5 Å². The molecule has 1 heterocycles. The van der Waals surface area contributed by atoms with Gasteiger partial charge in [-0.05, 0) is 6.42 Å². The Balaban J connectivity index is 2.34. The van der Waals surface area contributed by atoms with Gasteiger partial charge in [0.15, 0.2) is 0 Å². The number of hydrogen-bond acceptors (Lipinski definition) is 8. The van der Waals surface area contributed by atoms with Crippen molar-refractivity contribution >= 4 is 20.9 Å². The molecule has 9 nitrogen and oxygen atoms in total. The Morgan fingerprint density at radius 3 is 2.78 bits per heavy atom. The topological polar surface area (TPSA) is 112 Å². The van der Waals surface area contributed by atoms with Gasteiger partial charge in [0.25, 0.3) is 5.91 Å². The highest BCUT2D eigenvalue weighted by molar-refractivity contribution is 7.41. The van der Waals surface area contributed by atoms with E-state index in [0.717, 1.165) is 6.42 Å². The van der Waals surface area contributed by atoms with Crippen molar-refractivity contribution in [1.29, 1.82) is 0 Å². The molecule has 0 spiro atoms. The maximum Gasteiger partial charge on any atom is 0.332 e. The third kappa shape index (κ3) is 8.36. The van der Waals surface area contributed by atoms with E-state index in [1.54, 1.807) is 18.1 Å². The molecule has 0 aromatic heterocycles. The molecule has 2 amide bonds. The van der Waals surface area contributed by atoms with Crippen LogP contribution in [0.15, 0.2) is 12.3 Å². The van der Waals surface area contributed by atoms with Crippen LogP contribution >= 0.6 is 8.60 Å². The van der Waals surface area contributed by atoms with Gasteiger partial charge >= 0.3 is 8.60 Å². The van der Waals surface area contributed by atoms with Crippen LogP contribution in [0.2, 0.25) is 0 Å². The van der Waals surface area contributed by atoms with Crippen molar-refractivity contribution in [2.45, 2.75) is 18.6 Å². The predicted octanol–water partition coefficient (Wildman–Crippen LogP) is 0.0764. The van der Waals surface area contributed by atoms with Crippen molar-refractivity contribution in [2.24, 2.45) is 5.73 Å². The Labute approximate surface area is 137 Å². The van der Waals surface area contributed by atoms with Gasteiger partial charge in [-0.1, -0.05) is 0 Å². The van der Waals surface area contributed by atoms with Crippen LogP contribution in [0.5, 0.6) is 0 Å². The minimum atomic E-state index is -1.36. The molecule has 0 aliphatic carbocycles. The number of carbonyl (C=O) groups is 2. The van der Waals surface area contributed by atoms with Crippen molar-refractivity contribution in [1.82, 2.24) is 10.2 Å². The summed E-state index contributed by atoms with van der Waals surface area (Å²) in [5.41, 5.74) is 5.16. The second kappa shape index (κ2) is 10.6. The zero-order valence-corrected chi connectivity index (χ0v) is 14.3. The van der Waals surface area contributed by atoms with Crippen LogP contribution < -0.4 is 11.1 Å². The third-order valence-electron chi connectivity index (χ3n) is 3.07. The lowest BCUT2D eigenvalue weighted by Gasteiger charge is -2.31. The van der Waals surface area contributed by atoms with Crippen LogP contribution in [0.4, 0.5) is 0 Å². The van der Waals surface area contributed by atoms with Gasteiger partial charge in [-0.3, -0.25) is 14.9 Å². The maximum atomic E-state index is 11.1. The van der Waals surface area contributed by atoms with Gasteiger partial charge in [0, 0.05) is 39.4 Å². The molecule has 1 fully saturated rings. The highest BCUT2D eigenvalue weighted by Gasteiger charge is 2.28. The van der Waals surface area contributed by atoms with Crippen molar-refractivity contribution in [3.8, 4) is 0 Å². The van der Waals surface area contributed by atoms with Crippen LogP contribution in [0.25, 0.3) is 0 Å². The summed E-state index contributed by atoms with van der Waals surface area (Å²) in [5, 5.41) is 2.01. The van der Waals surface area contributed by atoms with E-state index in [1.807, 2.05) is 5.32 Å². The number of hydrogen-bond donors (Lipinski definition) is 2. The van der Waals surface area contributed by atoms with Gasteiger partial charge in [-0.2, -0.15) is 0 Å². The molecule has 0 saturated carbocycles. The first-order valence-electron chi connectivity index (χ1n) is 7.14. The molecule has 1 saturated heterocycles. The Kier molecular flexibility index (Phi) is 9.23. The number of methoxy groups -OCH3 is 1. The molecule has 3 N–H and O–H groups in total. The first kappa shape index (κ1) is 20.0. The fraction of sp³-hybridized carbons (Fsp3) is 0.692. The highest BCUT2D eigenvalue weighted by Crippen LogP contribution is 2.42. The van der Waals surface area contributed by atoms with Gasteiger partial charge in [0.05, 0.1) is 19.8 Å². The maximum absolute atomic E-state index is 11.1. The Bertz CT molecular complexity index is 405. The molecule has 1 atom stereocenters. The summed E-state index contributed by atoms with van der Waals surface area (Å²) in [4.78, 5) is 23.0. The summed E-state index contributed by atoms with van der Waals surface area (Å²) in [7, 11) is 1.92. The minimum absolute atomic E-state index is 0.137. The number of rotatable bonds is 10. The Morgan fingerprint density at radius 1 is 1.48 bits per heavy atom. The van der Waals surface area contributed by atoms with Gasteiger partial charge < -0.3 is 28.9 Å². The molecule has 0 aromatic carbocycles. The van der Waals surface area contributed by atoms with E-state index in [9.17, 15) is 9.59 Å². The molecule has 0 unspecified atom stereocenters. The molecule has 10 heteroatoms. The summed E-state index contributed by atoms with van der Waals surface area (Å²) in [6.07, 6.45) is 4.45. The van der Waals surface area contributed by atoms with Gasteiger partial charge in [0.2, 0.25) is 6.41 Å². The Hall–Kier alpha value is -1.09. The number of nitrogens with zero attached hydrogens (tertiary/aromatic N) is 1. The van der Waals surface area contributed by atoms with Crippen molar-refractivity contribution in [2.75, 3.05) is 40.5 Å². The monoisotopic (exact) mass is 349 g/mol. The molecule has 1 aliphatic heterocycles. The molecular formula is C13H24N3O6P. The Morgan fingerprint density at radius 2 is 2.17 bits per heavy atom. The number of carbonyl (C=O) groups excluding carboxylic acids is 2. The second-order valence-corrected chi connectivity index (χ2v) is 6.18. The van der Waals surface area contributed by atoms with E-state index in [0.29, 0.717) is 32.6 Å². The first-order valence-corrected chi connectivity index (χ1v) is 8.24. The van der Waals surface area contributed by atoms with Crippen LogP contribution in [-0.2, 0) is 27.9 Å². The third-order valence-corrected chi connectivity index (χ3v) is 4.20. The average molecular weight is 349 g/mol. The average Bonchev–Trinajstić information content (AvgIpc) is 2.57. The zero-order valence-electron chi connectivity index (χ0n) is 13.4. The van der Waals surface area contributed by atoms with E-state index in [2.05, 4.69) is 0 Å². The van der Waals surface area contributed by atoms with Crippen LogP contribution in [0.1, 0.15) is 12.8 Å². The van der Waals surface area contributed by atoms with Crippen LogP contribution in [0, 0.1) is 0 Å². The summed E-state index contributed by atoms with van der Waals surface area (Å²) in [6.45, 7) is 1.90. The van der Waals surface area contributed by atoms with E-state index >= 15 is 0 Å². The molecule has 132 valence electrons. The van der Waals surface area contributed by atoms with E-state index in [-0.39, 0.29) is 6.61 Å². The van der Waals surface area contributed by atoms with E-state index < -0.39 is 20.2 Å². The van der Waals surface area contributed by atoms with E-state index in [1.165, 1.54) is 13.2 Å². The molecule has 1 rings (SSSR count). The fourth-order valence-electron chi connectivity index (χ4n) is 1.59. The summed E-state index contributed by atoms with van der Waals surface area (Å²) < 4.78 is 21.5. The number of nitrogens with one attached hydrogen (secondary N) is 1. The SMILES string of the molecule is CO[C@@](N)(CCN(C)/C=C\C(=O)NC=O)COP1OCCCO1. The molecule has 0 radical (unpaired) electrons. The normalized spacial score (nSPS) is 18.6. The molecule has 0 aromatic rings. The lowest BCUT2D eigenvalue weighted by Crippen LogP contribution is -2.48. The van der Waals surface area contributed by atoms with Crippen molar-refractivity contribution in [3.05, 3.63) is 12.3 Å². The number of amides is 2. The quantitative estimate of drug-likeness (QED) is 0.247. The standard InChI is InChI=1S/C13H24N3O6P/c1-16(6-4-12(18)15-11-17)7-5-13(14,19-2)10-22-23-20-8-3-9-21-23/h4,6,11H,3,5,7-10,14H2,1-2H3,(H,15,17,18)/b6-4-/t13-/m0/s1. The molecular weight excluding hydrogens is 325 g/mol. The predicted molar refractivity (Wildman–Crippen MR) is 83.9 cm³/mol. The number of nitrogens with two attached hydrogens (primary N) is 1. The lowest BCUT2D eigenvalue weighted by atomic mass is 10.1. The van der Waals surface area contributed by atoms with Crippen molar-refractivity contribution < 1.29 is 27.9 Å². The number of ether oxygens (including phenoxy) is 1. The molecule has 1 aliphatic rings. The highest BCUT2D eigenvalue weighted by atomic mass is 31.2. The summed E-state index contributed by atoms with van der Waals surface area (Å²) in [6, 6.07) is 0. The van der Waals surface area contributed by atoms with Crippen molar-refractivity contribution in [3.63, 3.8) is 0 Å². The summed E-state index contributed by atoms with van der Waals surface area (Å²) >= 11 is 0. The second-order valence-electron chi connectivity index (χ2n) is 4.96. The fourth-order valence-corrected chi connectivity index (χ4v) is 2.69. The van der Waals surface area contributed by atoms with Gasteiger partial charge in [0.1, 0.15) is 5.72 Å². The summed E-state index contributed by atoms with van der Waals surface area (Å²) in [5.74, 6) is -0.490. The smallest absolute Gasteiger partial charge is 0.332 e. The van der Waals surface area contributed by atoms with Gasteiger partial charge in [-0.25, -0.2) is 0 Å². The minimum Gasteiger partial charge on any atom is -0.380 e. The van der Waals surface area contributed by atoms with E-state index in [4.69, 9.17) is 24.0 Å². The number of imide groups is 1. The molecule has 0 bridgehead atoms. The molecule has 23 heavy (non-hydrogen) atoms. The van der Waals surface area contributed by atoms with Crippen LogP contribution in [0.3, 0.4) is 0 Å². The zero-order chi connectivity index (χ0) is 17.1. The lowest BCUT2D eigenvalue weighted by molar-refractivity contribution is -0.121. The largest absolute Gasteiger partial charge is 0.380 e.